The molecule has 3 N–H and O–H groups in total. The largest absolute Gasteiger partial charge is 0.480 e. The van der Waals surface area contributed by atoms with E-state index in [2.05, 4.69) is 20.6 Å². The number of nitrogens with one attached hydrogen (secondary N) is 2. The molecule has 3 aromatic rings. The third-order valence-corrected chi connectivity index (χ3v) is 6.95. The maximum Gasteiger partial charge on any atom is 0.263 e. The van der Waals surface area contributed by atoms with Crippen molar-refractivity contribution in [3.8, 4) is 5.75 Å². The molecule has 0 bridgehead atoms. The number of hydrogen-bond acceptors (Lipinski definition) is 9. The lowest BCUT2D eigenvalue weighted by molar-refractivity contribution is -0.118. The van der Waals surface area contributed by atoms with Crippen molar-refractivity contribution in [1.82, 2.24) is 19.9 Å². The highest BCUT2D eigenvalue weighted by Crippen LogP contribution is 2.38. The fraction of sp³-hybridized carbons (Fsp3) is 0.417. The molecule has 1 amide bonds. The molecular formula is C24H25FN6O5. The van der Waals surface area contributed by atoms with Gasteiger partial charge in [0.15, 0.2) is 18.2 Å². The van der Waals surface area contributed by atoms with Crippen LogP contribution < -0.4 is 25.8 Å². The van der Waals surface area contributed by atoms with Gasteiger partial charge in [0.05, 0.1) is 29.4 Å². The molecule has 36 heavy (non-hydrogen) atoms. The van der Waals surface area contributed by atoms with Gasteiger partial charge in [0, 0.05) is 31.3 Å². The van der Waals surface area contributed by atoms with Gasteiger partial charge in [-0.05, 0) is 37.5 Å². The summed E-state index contributed by atoms with van der Waals surface area (Å²) in [6.07, 6.45) is 2.03. The normalized spacial score (nSPS) is 25.3. The van der Waals surface area contributed by atoms with Crippen molar-refractivity contribution in [2.45, 2.75) is 50.4 Å². The average molecular weight is 496 g/mol. The second-order valence-corrected chi connectivity index (χ2v) is 9.17. The summed E-state index contributed by atoms with van der Waals surface area (Å²) in [4.78, 5) is 34.3. The van der Waals surface area contributed by atoms with Crippen molar-refractivity contribution in [2.75, 3.05) is 23.4 Å². The van der Waals surface area contributed by atoms with Crippen molar-refractivity contribution in [3.05, 3.63) is 52.7 Å². The number of amides is 1. The van der Waals surface area contributed by atoms with Gasteiger partial charge in [0.1, 0.15) is 11.6 Å². The van der Waals surface area contributed by atoms with Crippen LogP contribution in [0.5, 0.6) is 5.75 Å². The molecule has 6 rings (SSSR count). The first-order chi connectivity index (χ1) is 17.5. The zero-order chi connectivity index (χ0) is 24.8. The van der Waals surface area contributed by atoms with E-state index in [-0.39, 0.29) is 36.3 Å². The number of ether oxygens (including phenoxy) is 2. The Bertz CT molecular complexity index is 1380. The molecule has 1 saturated carbocycles. The molecule has 3 aromatic heterocycles. The minimum atomic E-state index is -1.15. The van der Waals surface area contributed by atoms with Crippen LogP contribution in [0.1, 0.15) is 19.3 Å². The van der Waals surface area contributed by atoms with Gasteiger partial charge in [0.25, 0.3) is 11.5 Å². The molecule has 3 aliphatic rings. The van der Waals surface area contributed by atoms with E-state index in [4.69, 9.17) is 9.47 Å². The highest BCUT2D eigenvalue weighted by atomic mass is 19.1. The molecule has 11 nitrogen and oxygen atoms in total. The van der Waals surface area contributed by atoms with Crippen LogP contribution in [0, 0.1) is 5.82 Å². The number of rotatable bonds is 5. The summed E-state index contributed by atoms with van der Waals surface area (Å²) < 4.78 is 26.5. The molecule has 0 radical (unpaired) electrons. The average Bonchev–Trinajstić information content (AvgIpc) is 3.19. The molecule has 2 fully saturated rings. The Kier molecular flexibility index (Phi) is 5.78. The summed E-state index contributed by atoms with van der Waals surface area (Å²) in [6.45, 7) is 0.829. The molecular weight excluding hydrogens is 471 g/mol. The predicted octanol–water partition coefficient (Wildman–Crippen LogP) is 0.953. The monoisotopic (exact) mass is 496 g/mol. The first-order valence-corrected chi connectivity index (χ1v) is 11.9. The van der Waals surface area contributed by atoms with E-state index in [0.717, 1.165) is 19.0 Å². The number of aliphatic hydroxyl groups excluding tert-OH is 1. The Labute approximate surface area is 204 Å². The van der Waals surface area contributed by atoms with Gasteiger partial charge in [-0.1, -0.05) is 0 Å². The molecule has 0 aromatic carbocycles. The fourth-order valence-electron chi connectivity index (χ4n) is 5.28. The molecule has 0 spiro atoms. The zero-order valence-corrected chi connectivity index (χ0v) is 19.3. The van der Waals surface area contributed by atoms with Crippen LogP contribution >= 0.6 is 0 Å². The third-order valence-electron chi connectivity index (χ3n) is 6.95. The van der Waals surface area contributed by atoms with E-state index in [0.29, 0.717) is 47.9 Å². The summed E-state index contributed by atoms with van der Waals surface area (Å²) >= 11 is 0. The molecule has 5 heterocycles. The fourth-order valence-corrected chi connectivity index (χ4v) is 5.28. The Hall–Kier alpha value is -3.61. The minimum Gasteiger partial charge on any atom is -0.480 e. The summed E-state index contributed by atoms with van der Waals surface area (Å²) in [6, 6.07) is 7.88. The first kappa shape index (κ1) is 22.8. The number of aliphatic hydroxyl groups is 1. The summed E-state index contributed by atoms with van der Waals surface area (Å²) in [5, 5.41) is 16.8. The van der Waals surface area contributed by atoms with E-state index in [1.165, 1.54) is 16.7 Å². The lowest BCUT2D eigenvalue weighted by Crippen LogP contribution is -2.47. The number of anilines is 2. The first-order valence-electron chi connectivity index (χ1n) is 11.9. The quantitative estimate of drug-likeness (QED) is 0.473. The number of hydrogen-bond donors (Lipinski definition) is 3. The predicted molar refractivity (Wildman–Crippen MR) is 127 cm³/mol. The third kappa shape index (κ3) is 4.16. The van der Waals surface area contributed by atoms with Crippen LogP contribution in [0.25, 0.3) is 11.0 Å². The van der Waals surface area contributed by atoms with E-state index < -0.39 is 12.2 Å². The lowest BCUT2D eigenvalue weighted by Gasteiger charge is -2.35. The van der Waals surface area contributed by atoms with Crippen LogP contribution in [-0.4, -0.2) is 63.3 Å². The molecule has 12 heteroatoms. The Morgan fingerprint density at radius 3 is 3.00 bits per heavy atom. The van der Waals surface area contributed by atoms with Gasteiger partial charge < -0.3 is 34.7 Å². The van der Waals surface area contributed by atoms with E-state index >= 15 is 0 Å². The van der Waals surface area contributed by atoms with Crippen molar-refractivity contribution in [2.24, 2.45) is 0 Å². The van der Waals surface area contributed by atoms with Gasteiger partial charge in [-0.25, -0.2) is 9.37 Å². The SMILES string of the molecule is O=C1COc2ccc(N3C(O)O[C@@H]4C[C@@H](NCCn5c(=O)ccc6ncc(F)cc65)CC[C@@H]43)nc2N1. The molecule has 188 valence electrons. The number of carbonyl (C=O) groups is 1. The van der Waals surface area contributed by atoms with Crippen molar-refractivity contribution >= 4 is 28.6 Å². The van der Waals surface area contributed by atoms with Gasteiger partial charge in [-0.2, -0.15) is 0 Å². The zero-order valence-electron chi connectivity index (χ0n) is 19.3. The Morgan fingerprint density at radius 1 is 1.22 bits per heavy atom. The summed E-state index contributed by atoms with van der Waals surface area (Å²) in [5.41, 5.74) is 0.814. The maximum absolute atomic E-state index is 13.7. The highest BCUT2D eigenvalue weighted by Gasteiger charge is 2.45. The Balaban J connectivity index is 1.10. The smallest absolute Gasteiger partial charge is 0.263 e. The van der Waals surface area contributed by atoms with Gasteiger partial charge in [-0.3, -0.25) is 14.6 Å². The number of halogens is 1. The van der Waals surface area contributed by atoms with Crippen molar-refractivity contribution < 1.29 is 23.8 Å². The maximum atomic E-state index is 13.7. The standard InChI is InChI=1S/C24H25FN6O5/c25-13-9-17-15(27-11-13)2-6-22(33)30(17)8-7-26-14-1-3-16-19(10-14)36-24(34)31(16)20-5-4-18-23(28-20)29-21(32)12-35-18/h2,4-6,9,11,14,16,19,24,26,34H,1,3,7-8,10,12H2,(H,28,29,32)/t14-,16-,19+,24?/m0/s1. The van der Waals surface area contributed by atoms with E-state index in [9.17, 15) is 19.1 Å². The van der Waals surface area contributed by atoms with Crippen molar-refractivity contribution in [3.63, 3.8) is 0 Å². The molecule has 1 aliphatic carbocycles. The van der Waals surface area contributed by atoms with Crippen LogP contribution in [0.2, 0.25) is 0 Å². The van der Waals surface area contributed by atoms with Gasteiger partial charge >= 0.3 is 0 Å². The number of fused-ring (bicyclic) bond motifs is 3. The highest BCUT2D eigenvalue weighted by molar-refractivity contribution is 5.94. The number of carbonyl (C=O) groups excluding carboxylic acids is 1. The topological polar surface area (TPSA) is 131 Å². The van der Waals surface area contributed by atoms with Crippen LogP contribution in [-0.2, 0) is 16.1 Å². The number of nitrogens with zero attached hydrogens (tertiary/aromatic N) is 4. The molecule has 1 saturated heterocycles. The molecule has 4 atom stereocenters. The summed E-state index contributed by atoms with van der Waals surface area (Å²) in [5.74, 6) is 0.553. The number of pyridine rings is 3. The van der Waals surface area contributed by atoms with Crippen LogP contribution in [0.3, 0.4) is 0 Å². The second-order valence-electron chi connectivity index (χ2n) is 9.17. The molecule has 2 aliphatic heterocycles. The van der Waals surface area contributed by atoms with Gasteiger partial charge in [-0.15, -0.1) is 0 Å². The van der Waals surface area contributed by atoms with Crippen LogP contribution in [0.15, 0.2) is 41.3 Å². The van der Waals surface area contributed by atoms with E-state index in [1.807, 2.05) is 0 Å². The minimum absolute atomic E-state index is 0.0501. The van der Waals surface area contributed by atoms with E-state index in [1.54, 1.807) is 23.1 Å². The van der Waals surface area contributed by atoms with Crippen LogP contribution in [0.4, 0.5) is 16.0 Å². The lowest BCUT2D eigenvalue weighted by atomic mass is 9.88. The van der Waals surface area contributed by atoms with Gasteiger partial charge in [0.2, 0.25) is 6.41 Å². The summed E-state index contributed by atoms with van der Waals surface area (Å²) in [7, 11) is 0. The second kappa shape index (κ2) is 9.12. The van der Waals surface area contributed by atoms with Crippen molar-refractivity contribution in [1.29, 1.82) is 0 Å². The number of aromatic nitrogens is 3. The molecule has 1 unspecified atom stereocenters. The Morgan fingerprint density at radius 2 is 2.11 bits per heavy atom.